The molecule has 1 atom stereocenters. The van der Waals surface area contributed by atoms with Crippen LogP contribution in [0.3, 0.4) is 0 Å². The number of hydrogen-bond acceptors (Lipinski definition) is 9. The first-order valence-electron chi connectivity index (χ1n) is 10.5. The molecule has 0 aliphatic carbocycles. The molecule has 0 unspecified atom stereocenters. The summed E-state index contributed by atoms with van der Waals surface area (Å²) in [4.78, 5) is 27.7. The zero-order valence-electron chi connectivity index (χ0n) is 19.8. The summed E-state index contributed by atoms with van der Waals surface area (Å²) < 4.78 is 26.5. The third kappa shape index (κ3) is 4.03. The molecule has 1 aliphatic heterocycles. The number of amides is 1. The van der Waals surface area contributed by atoms with Crippen molar-refractivity contribution in [2.45, 2.75) is 13.0 Å². The van der Waals surface area contributed by atoms with E-state index in [2.05, 4.69) is 5.16 Å². The summed E-state index contributed by atoms with van der Waals surface area (Å²) in [6.45, 7) is 1.67. The number of Topliss-reactive ketones (excluding diaryl/α,β-unsaturated/α-hetero) is 1. The fourth-order valence-electron chi connectivity index (χ4n) is 4.01. The second-order valence-electron chi connectivity index (χ2n) is 7.65. The molecular formula is C25H24N2O8. The molecule has 182 valence electrons. The number of aromatic nitrogens is 1. The number of anilines is 1. The molecule has 10 heteroatoms. The summed E-state index contributed by atoms with van der Waals surface area (Å²) in [5.74, 6) is 0.108. The highest BCUT2D eigenvalue weighted by atomic mass is 16.5. The van der Waals surface area contributed by atoms with Gasteiger partial charge in [-0.25, -0.2) is 0 Å². The lowest BCUT2D eigenvalue weighted by Gasteiger charge is -2.23. The minimum Gasteiger partial charge on any atom is -0.507 e. The smallest absolute Gasteiger partial charge is 0.301 e. The van der Waals surface area contributed by atoms with Crippen molar-refractivity contribution in [3.05, 3.63) is 64.9 Å². The molecule has 35 heavy (non-hydrogen) atoms. The number of nitrogens with zero attached hydrogens (tertiary/aromatic N) is 2. The van der Waals surface area contributed by atoms with Crippen molar-refractivity contribution < 1.29 is 38.2 Å². The highest BCUT2D eigenvalue weighted by Gasteiger charge is 2.48. The lowest BCUT2D eigenvalue weighted by atomic mass is 9.95. The molecule has 3 aromatic rings. The third-order valence-corrected chi connectivity index (χ3v) is 5.69. The van der Waals surface area contributed by atoms with Crippen LogP contribution in [-0.4, -0.2) is 50.4 Å². The van der Waals surface area contributed by atoms with E-state index in [0.717, 1.165) is 0 Å². The predicted octanol–water partition coefficient (Wildman–Crippen LogP) is 3.64. The number of benzene rings is 2. The van der Waals surface area contributed by atoms with Gasteiger partial charge in [0, 0.05) is 11.6 Å². The summed E-state index contributed by atoms with van der Waals surface area (Å²) in [7, 11) is 5.92. The predicted molar refractivity (Wildman–Crippen MR) is 125 cm³/mol. The van der Waals surface area contributed by atoms with E-state index in [1.165, 1.54) is 45.5 Å². The first kappa shape index (κ1) is 23.7. The Morgan fingerprint density at radius 3 is 2.06 bits per heavy atom. The molecule has 0 saturated carbocycles. The van der Waals surface area contributed by atoms with Gasteiger partial charge in [-0.3, -0.25) is 14.5 Å². The number of aliphatic hydroxyl groups is 1. The van der Waals surface area contributed by atoms with Gasteiger partial charge in [0.05, 0.1) is 40.1 Å². The lowest BCUT2D eigenvalue weighted by molar-refractivity contribution is -0.132. The van der Waals surface area contributed by atoms with Crippen LogP contribution >= 0.6 is 0 Å². The number of hydrogen-bond donors (Lipinski definition) is 1. The van der Waals surface area contributed by atoms with Crippen LogP contribution in [0.25, 0.3) is 5.76 Å². The van der Waals surface area contributed by atoms with Crippen molar-refractivity contribution in [1.29, 1.82) is 0 Å². The summed E-state index contributed by atoms with van der Waals surface area (Å²) in [5.41, 5.74) is 0.627. The van der Waals surface area contributed by atoms with Crippen LogP contribution in [-0.2, 0) is 9.59 Å². The number of aryl methyl sites for hydroxylation is 1. The summed E-state index contributed by atoms with van der Waals surface area (Å²) >= 11 is 0. The maximum Gasteiger partial charge on any atom is 0.301 e. The van der Waals surface area contributed by atoms with Gasteiger partial charge in [-0.2, -0.15) is 0 Å². The van der Waals surface area contributed by atoms with Crippen molar-refractivity contribution in [1.82, 2.24) is 5.16 Å². The number of rotatable bonds is 7. The summed E-state index contributed by atoms with van der Waals surface area (Å²) in [6, 6.07) is 10.2. The first-order valence-corrected chi connectivity index (χ1v) is 10.5. The second kappa shape index (κ2) is 9.41. The van der Waals surface area contributed by atoms with Crippen molar-refractivity contribution in [3.8, 4) is 23.0 Å². The van der Waals surface area contributed by atoms with Gasteiger partial charge in [-0.1, -0.05) is 11.2 Å². The molecular weight excluding hydrogens is 456 g/mol. The van der Waals surface area contributed by atoms with Gasteiger partial charge in [0.2, 0.25) is 0 Å². The van der Waals surface area contributed by atoms with E-state index in [9.17, 15) is 14.7 Å². The first-order chi connectivity index (χ1) is 16.8. The molecule has 1 fully saturated rings. The molecule has 1 aliphatic rings. The minimum absolute atomic E-state index is 0.130. The normalized spacial score (nSPS) is 16.9. The number of ketones is 1. The Kier molecular flexibility index (Phi) is 6.37. The Balaban J connectivity index is 1.96. The third-order valence-electron chi connectivity index (χ3n) is 5.69. The van der Waals surface area contributed by atoms with Crippen LogP contribution in [0.2, 0.25) is 0 Å². The molecule has 10 nitrogen and oxygen atoms in total. The molecule has 0 radical (unpaired) electrons. The summed E-state index contributed by atoms with van der Waals surface area (Å²) in [6.07, 6.45) is 0. The number of carbonyl (C=O) groups excluding carboxylic acids is 2. The van der Waals surface area contributed by atoms with Crippen molar-refractivity contribution in [2.75, 3.05) is 33.3 Å². The van der Waals surface area contributed by atoms with Gasteiger partial charge in [0.25, 0.3) is 5.78 Å². The minimum atomic E-state index is -1.02. The van der Waals surface area contributed by atoms with E-state index in [1.807, 2.05) is 0 Å². The van der Waals surface area contributed by atoms with Crippen molar-refractivity contribution in [3.63, 3.8) is 0 Å². The van der Waals surface area contributed by atoms with E-state index in [4.69, 9.17) is 23.5 Å². The highest BCUT2D eigenvalue weighted by Crippen LogP contribution is 2.44. The molecule has 4 rings (SSSR count). The largest absolute Gasteiger partial charge is 0.507 e. The van der Waals surface area contributed by atoms with E-state index in [1.54, 1.807) is 37.3 Å². The standard InChI is InChI=1S/C25H24N2O8/c1-13-10-20(26-35-13)27-22(14-6-8-16(31-2)18(11-14)33-4)21(24(29)25(27)30)23(28)15-7-9-17(32-3)19(12-15)34-5/h6-12,22,28H,1-5H3/b23-21+/t22-/m0/s1. The Morgan fingerprint density at radius 2 is 1.49 bits per heavy atom. The molecule has 1 N–H and O–H groups in total. The quantitative estimate of drug-likeness (QED) is 0.307. The maximum atomic E-state index is 13.3. The van der Waals surface area contributed by atoms with Gasteiger partial charge in [-0.15, -0.1) is 0 Å². The zero-order chi connectivity index (χ0) is 25.3. The zero-order valence-corrected chi connectivity index (χ0v) is 19.8. The number of carbonyl (C=O) groups is 2. The Morgan fingerprint density at radius 1 is 0.886 bits per heavy atom. The van der Waals surface area contributed by atoms with Crippen LogP contribution in [0.15, 0.2) is 52.6 Å². The molecule has 0 spiro atoms. The Bertz CT molecular complexity index is 1330. The fourth-order valence-corrected chi connectivity index (χ4v) is 4.01. The van der Waals surface area contributed by atoms with Gasteiger partial charge >= 0.3 is 5.91 Å². The summed E-state index contributed by atoms with van der Waals surface area (Å²) in [5, 5.41) is 15.2. The molecule has 0 bridgehead atoms. The average molecular weight is 480 g/mol. The van der Waals surface area contributed by atoms with E-state index in [-0.39, 0.29) is 22.7 Å². The molecule has 2 aromatic carbocycles. The van der Waals surface area contributed by atoms with E-state index < -0.39 is 17.7 Å². The van der Waals surface area contributed by atoms with Crippen molar-refractivity contribution in [2.24, 2.45) is 0 Å². The van der Waals surface area contributed by atoms with Crippen LogP contribution < -0.4 is 23.8 Å². The lowest BCUT2D eigenvalue weighted by Crippen LogP contribution is -2.29. The second-order valence-corrected chi connectivity index (χ2v) is 7.65. The highest BCUT2D eigenvalue weighted by molar-refractivity contribution is 6.51. The molecule has 1 aromatic heterocycles. The molecule has 1 amide bonds. The van der Waals surface area contributed by atoms with Gasteiger partial charge in [0.15, 0.2) is 28.8 Å². The van der Waals surface area contributed by atoms with Crippen LogP contribution in [0.4, 0.5) is 5.82 Å². The van der Waals surface area contributed by atoms with Gasteiger partial charge in [-0.05, 0) is 42.8 Å². The monoisotopic (exact) mass is 480 g/mol. The Hall–Kier alpha value is -4.47. The van der Waals surface area contributed by atoms with Crippen LogP contribution in [0, 0.1) is 6.92 Å². The van der Waals surface area contributed by atoms with E-state index >= 15 is 0 Å². The topological polar surface area (TPSA) is 121 Å². The van der Waals surface area contributed by atoms with Gasteiger partial charge < -0.3 is 28.6 Å². The molecule has 1 saturated heterocycles. The van der Waals surface area contributed by atoms with Crippen LogP contribution in [0.5, 0.6) is 23.0 Å². The molecule has 2 heterocycles. The number of aliphatic hydroxyl groups excluding tert-OH is 1. The Labute approximate surface area is 201 Å². The van der Waals surface area contributed by atoms with Crippen LogP contribution in [0.1, 0.15) is 22.9 Å². The van der Waals surface area contributed by atoms with Crippen molar-refractivity contribution >= 4 is 23.3 Å². The maximum absolute atomic E-state index is 13.3. The number of methoxy groups -OCH3 is 4. The van der Waals surface area contributed by atoms with E-state index in [0.29, 0.717) is 34.3 Å². The van der Waals surface area contributed by atoms with Gasteiger partial charge in [0.1, 0.15) is 11.5 Å². The average Bonchev–Trinajstić information content (AvgIpc) is 3.42. The fraction of sp³-hybridized carbons (Fsp3) is 0.240. The number of ether oxygens (including phenoxy) is 4. The SMILES string of the molecule is COc1ccc(/C(O)=C2\C(=O)C(=O)N(c3cc(C)on3)[C@H]2c2ccc(OC)c(OC)c2)cc1OC.